The lowest BCUT2D eigenvalue weighted by Crippen LogP contribution is -2.12. The number of aliphatic hydroxyl groups excluding tert-OH is 1. The van der Waals surface area contributed by atoms with E-state index in [9.17, 15) is 4.79 Å². The zero-order chi connectivity index (χ0) is 12.8. The highest BCUT2D eigenvalue weighted by Gasteiger charge is 1.99. The molecular formula is C14H13NO2S. The second kappa shape index (κ2) is 6.20. The summed E-state index contributed by atoms with van der Waals surface area (Å²) in [6.45, 7) is 0.648. The van der Waals surface area contributed by atoms with Crippen LogP contribution in [0.15, 0.2) is 40.6 Å². The van der Waals surface area contributed by atoms with Crippen LogP contribution in [-0.2, 0) is 6.54 Å². The molecule has 0 bridgehead atoms. The SMILES string of the molecule is O=c1sccn1Cc1cccc(C#CCCO)c1. The average molecular weight is 259 g/mol. The monoisotopic (exact) mass is 259 g/mol. The highest BCUT2D eigenvalue weighted by atomic mass is 32.1. The van der Waals surface area contributed by atoms with Gasteiger partial charge >= 0.3 is 4.87 Å². The van der Waals surface area contributed by atoms with Crippen LogP contribution in [-0.4, -0.2) is 16.3 Å². The van der Waals surface area contributed by atoms with Gasteiger partial charge in [-0.15, -0.1) is 0 Å². The van der Waals surface area contributed by atoms with Crippen molar-refractivity contribution in [3.05, 3.63) is 56.6 Å². The third kappa shape index (κ3) is 3.33. The van der Waals surface area contributed by atoms with E-state index in [-0.39, 0.29) is 11.5 Å². The molecule has 0 aliphatic heterocycles. The Labute approximate surface area is 109 Å². The fourth-order valence-electron chi connectivity index (χ4n) is 1.57. The zero-order valence-electron chi connectivity index (χ0n) is 9.80. The van der Waals surface area contributed by atoms with E-state index in [2.05, 4.69) is 11.8 Å². The molecule has 0 spiro atoms. The van der Waals surface area contributed by atoms with Crippen LogP contribution in [0, 0.1) is 11.8 Å². The molecule has 0 saturated heterocycles. The van der Waals surface area contributed by atoms with Gasteiger partial charge in [0.1, 0.15) is 0 Å². The highest BCUT2D eigenvalue weighted by Crippen LogP contribution is 2.06. The first-order chi connectivity index (χ1) is 8.79. The van der Waals surface area contributed by atoms with Gasteiger partial charge in [-0.25, -0.2) is 0 Å². The lowest BCUT2D eigenvalue weighted by molar-refractivity contribution is 0.305. The molecule has 0 aliphatic rings. The summed E-state index contributed by atoms with van der Waals surface area (Å²) in [7, 11) is 0. The van der Waals surface area contributed by atoms with Crippen molar-refractivity contribution in [2.75, 3.05) is 6.61 Å². The Morgan fingerprint density at radius 3 is 3.00 bits per heavy atom. The fraction of sp³-hybridized carbons (Fsp3) is 0.214. The van der Waals surface area contributed by atoms with Crippen LogP contribution in [0.5, 0.6) is 0 Å². The molecule has 0 fully saturated rings. The molecule has 0 aliphatic carbocycles. The lowest BCUT2D eigenvalue weighted by Gasteiger charge is -2.02. The minimum absolute atomic E-state index is 0.0479. The van der Waals surface area contributed by atoms with Gasteiger partial charge in [0, 0.05) is 23.6 Å². The van der Waals surface area contributed by atoms with Gasteiger partial charge in [0.2, 0.25) is 0 Å². The van der Waals surface area contributed by atoms with Crippen molar-refractivity contribution < 1.29 is 5.11 Å². The molecule has 0 unspecified atom stereocenters. The smallest absolute Gasteiger partial charge is 0.307 e. The van der Waals surface area contributed by atoms with Gasteiger partial charge in [0.15, 0.2) is 0 Å². The van der Waals surface area contributed by atoms with Gasteiger partial charge in [0.05, 0.1) is 13.2 Å². The number of hydrogen-bond donors (Lipinski definition) is 1. The normalized spacial score (nSPS) is 9.83. The van der Waals surface area contributed by atoms with Crippen LogP contribution in [0.4, 0.5) is 0 Å². The van der Waals surface area contributed by atoms with E-state index in [0.717, 1.165) is 11.1 Å². The summed E-state index contributed by atoms with van der Waals surface area (Å²) in [6.07, 6.45) is 2.27. The van der Waals surface area contributed by atoms with Gasteiger partial charge in [-0.3, -0.25) is 4.79 Å². The van der Waals surface area contributed by atoms with Crippen molar-refractivity contribution >= 4 is 11.3 Å². The van der Waals surface area contributed by atoms with Crippen LogP contribution < -0.4 is 4.87 Å². The van der Waals surface area contributed by atoms with Gasteiger partial charge in [-0.1, -0.05) is 35.3 Å². The maximum absolute atomic E-state index is 11.4. The molecule has 0 amide bonds. The van der Waals surface area contributed by atoms with Crippen molar-refractivity contribution in [2.45, 2.75) is 13.0 Å². The van der Waals surface area contributed by atoms with Crippen LogP contribution in [0.25, 0.3) is 0 Å². The molecule has 18 heavy (non-hydrogen) atoms. The Bertz CT molecular complexity index is 631. The standard InChI is InChI=1S/C14H13NO2S/c16-8-2-1-4-12-5-3-6-13(10-12)11-15-7-9-18-14(15)17/h3,5-7,9-10,16H,2,8,11H2. The van der Waals surface area contributed by atoms with E-state index in [4.69, 9.17) is 5.11 Å². The van der Waals surface area contributed by atoms with Crippen molar-refractivity contribution in [3.63, 3.8) is 0 Å². The first kappa shape index (κ1) is 12.6. The van der Waals surface area contributed by atoms with Crippen LogP contribution >= 0.6 is 11.3 Å². The highest BCUT2D eigenvalue weighted by molar-refractivity contribution is 7.07. The molecule has 1 aromatic carbocycles. The maximum Gasteiger partial charge on any atom is 0.307 e. The Morgan fingerprint density at radius 2 is 2.28 bits per heavy atom. The molecular weight excluding hydrogens is 246 g/mol. The molecule has 4 heteroatoms. The van der Waals surface area contributed by atoms with E-state index in [0.29, 0.717) is 13.0 Å². The van der Waals surface area contributed by atoms with E-state index in [1.165, 1.54) is 11.3 Å². The summed E-state index contributed by atoms with van der Waals surface area (Å²) in [4.78, 5) is 11.5. The minimum Gasteiger partial charge on any atom is -0.395 e. The van der Waals surface area contributed by atoms with Gasteiger partial charge in [-0.2, -0.15) is 0 Å². The number of thiazole rings is 1. The van der Waals surface area contributed by atoms with Crippen molar-refractivity contribution in [1.82, 2.24) is 4.57 Å². The molecule has 0 radical (unpaired) electrons. The summed E-state index contributed by atoms with van der Waals surface area (Å²) in [5.41, 5.74) is 1.95. The Hall–Kier alpha value is -1.83. The molecule has 1 heterocycles. The first-order valence-corrected chi connectivity index (χ1v) is 6.50. The average Bonchev–Trinajstić information content (AvgIpc) is 2.76. The number of benzene rings is 1. The quantitative estimate of drug-likeness (QED) is 0.852. The second-order valence-electron chi connectivity index (χ2n) is 3.77. The van der Waals surface area contributed by atoms with Crippen molar-refractivity contribution in [2.24, 2.45) is 0 Å². The van der Waals surface area contributed by atoms with Crippen LogP contribution in [0.1, 0.15) is 17.5 Å². The predicted molar refractivity (Wildman–Crippen MR) is 72.7 cm³/mol. The second-order valence-corrected chi connectivity index (χ2v) is 4.63. The zero-order valence-corrected chi connectivity index (χ0v) is 10.6. The summed E-state index contributed by atoms with van der Waals surface area (Å²) in [5.74, 6) is 5.87. The molecule has 0 atom stereocenters. The lowest BCUT2D eigenvalue weighted by atomic mass is 10.1. The van der Waals surface area contributed by atoms with Gasteiger partial charge in [0.25, 0.3) is 0 Å². The third-order valence-corrected chi connectivity index (χ3v) is 3.09. The van der Waals surface area contributed by atoms with Crippen molar-refractivity contribution in [3.8, 4) is 11.8 Å². The first-order valence-electron chi connectivity index (χ1n) is 5.62. The number of nitrogens with zero attached hydrogens (tertiary/aromatic N) is 1. The van der Waals surface area contributed by atoms with Crippen molar-refractivity contribution in [1.29, 1.82) is 0 Å². The summed E-state index contributed by atoms with van der Waals surface area (Å²) in [5, 5.41) is 10.4. The molecule has 1 aromatic heterocycles. The van der Waals surface area contributed by atoms with E-state index >= 15 is 0 Å². The largest absolute Gasteiger partial charge is 0.395 e. The third-order valence-electron chi connectivity index (χ3n) is 2.39. The molecule has 2 aromatic rings. The Balaban J connectivity index is 2.16. The Kier molecular flexibility index (Phi) is 4.35. The molecule has 3 nitrogen and oxygen atoms in total. The van der Waals surface area contributed by atoms with E-state index in [1.54, 1.807) is 16.1 Å². The van der Waals surface area contributed by atoms with Gasteiger partial charge in [-0.05, 0) is 17.7 Å². The molecule has 0 saturated carbocycles. The topological polar surface area (TPSA) is 42.2 Å². The molecule has 1 N–H and O–H groups in total. The number of aromatic nitrogens is 1. The van der Waals surface area contributed by atoms with E-state index < -0.39 is 0 Å². The summed E-state index contributed by atoms with van der Waals surface area (Å²) in [6, 6.07) is 7.79. The predicted octanol–water partition coefficient (Wildman–Crippen LogP) is 1.69. The number of hydrogen-bond acceptors (Lipinski definition) is 3. The summed E-state index contributed by atoms with van der Waals surface area (Å²) >= 11 is 1.20. The maximum atomic E-state index is 11.4. The number of aliphatic hydroxyl groups is 1. The fourth-order valence-corrected chi connectivity index (χ4v) is 2.16. The van der Waals surface area contributed by atoms with Gasteiger partial charge < -0.3 is 9.67 Å². The van der Waals surface area contributed by atoms with Crippen LogP contribution in [0.2, 0.25) is 0 Å². The molecule has 92 valence electrons. The Morgan fingerprint density at radius 1 is 1.39 bits per heavy atom. The molecule has 2 rings (SSSR count). The number of rotatable bonds is 3. The van der Waals surface area contributed by atoms with E-state index in [1.807, 2.05) is 24.3 Å². The summed E-state index contributed by atoms with van der Waals surface area (Å²) < 4.78 is 1.67. The van der Waals surface area contributed by atoms with Crippen LogP contribution in [0.3, 0.4) is 0 Å². The minimum atomic E-state index is 0.0479.